The van der Waals surface area contributed by atoms with Gasteiger partial charge in [0.05, 0.1) is 0 Å². The summed E-state index contributed by atoms with van der Waals surface area (Å²) in [6, 6.07) is 6.77. The quantitative estimate of drug-likeness (QED) is 0.749. The maximum Gasteiger partial charge on any atom is 0.274 e. The average molecular weight is 330 g/mol. The van der Waals surface area contributed by atoms with Gasteiger partial charge in [0.15, 0.2) is 11.5 Å². The minimum Gasteiger partial charge on any atom is -0.454 e. The van der Waals surface area contributed by atoms with E-state index in [9.17, 15) is 4.79 Å². The summed E-state index contributed by atoms with van der Waals surface area (Å²) in [5, 5.41) is 5.83. The lowest BCUT2D eigenvalue weighted by molar-refractivity contribution is 0.102. The average Bonchev–Trinajstić information content (AvgIpc) is 3.07. The molecule has 1 amide bonds. The van der Waals surface area contributed by atoms with E-state index < -0.39 is 0 Å². The largest absolute Gasteiger partial charge is 0.454 e. The van der Waals surface area contributed by atoms with E-state index in [-0.39, 0.29) is 18.4 Å². The predicted molar refractivity (Wildman–Crippen MR) is 87.5 cm³/mol. The van der Waals surface area contributed by atoms with Crippen molar-refractivity contribution in [3.8, 4) is 11.5 Å². The number of carbonyl (C=O) groups excluding carboxylic acids is 1. The lowest BCUT2D eigenvalue weighted by atomic mass is 10.2. The van der Waals surface area contributed by atoms with Crippen molar-refractivity contribution in [3.05, 3.63) is 36.2 Å². The van der Waals surface area contributed by atoms with Gasteiger partial charge in [0.25, 0.3) is 5.91 Å². The van der Waals surface area contributed by atoms with Gasteiger partial charge in [0.1, 0.15) is 5.69 Å². The zero-order valence-electron chi connectivity index (χ0n) is 13.2. The lowest BCUT2D eigenvalue weighted by Gasteiger charge is -2.08. The highest BCUT2D eigenvalue weighted by Gasteiger charge is 2.15. The zero-order chi connectivity index (χ0) is 16.8. The number of fused-ring (bicyclic) bond motifs is 1. The summed E-state index contributed by atoms with van der Waals surface area (Å²) < 4.78 is 15.5. The molecular formula is C16H18N4O4. The van der Waals surface area contributed by atoms with Crippen LogP contribution in [0.5, 0.6) is 11.5 Å². The normalized spacial score (nSPS) is 12.0. The van der Waals surface area contributed by atoms with E-state index in [1.807, 2.05) is 0 Å². The van der Waals surface area contributed by atoms with Crippen molar-refractivity contribution in [2.24, 2.45) is 0 Å². The Labute approximate surface area is 139 Å². The first-order valence-corrected chi connectivity index (χ1v) is 7.53. The second-order valence-corrected chi connectivity index (χ2v) is 5.06. The van der Waals surface area contributed by atoms with E-state index in [1.54, 1.807) is 37.6 Å². The summed E-state index contributed by atoms with van der Waals surface area (Å²) in [5.74, 6) is 1.36. The molecule has 126 valence electrons. The van der Waals surface area contributed by atoms with E-state index >= 15 is 0 Å². The molecule has 0 fully saturated rings. The number of benzene rings is 1. The van der Waals surface area contributed by atoms with Gasteiger partial charge in [-0.15, -0.1) is 0 Å². The number of ether oxygens (including phenoxy) is 3. The number of amides is 1. The molecule has 8 heteroatoms. The standard InChI is InChI=1S/C16H18N4O4/c1-22-8-2-6-17-16-18-7-5-12(20-16)15(21)19-11-3-4-13-14(9-11)24-10-23-13/h3-5,7,9H,2,6,8,10H2,1H3,(H,19,21)(H,17,18,20). The van der Waals surface area contributed by atoms with E-state index in [0.717, 1.165) is 6.42 Å². The van der Waals surface area contributed by atoms with Crippen molar-refractivity contribution in [1.82, 2.24) is 9.97 Å². The molecule has 0 saturated heterocycles. The Morgan fingerprint density at radius 1 is 1.29 bits per heavy atom. The molecule has 1 aliphatic heterocycles. The van der Waals surface area contributed by atoms with Crippen molar-refractivity contribution < 1.29 is 19.0 Å². The highest BCUT2D eigenvalue weighted by atomic mass is 16.7. The van der Waals surface area contributed by atoms with Crippen molar-refractivity contribution in [2.75, 3.05) is 37.7 Å². The molecule has 0 spiro atoms. The van der Waals surface area contributed by atoms with E-state index in [4.69, 9.17) is 14.2 Å². The van der Waals surface area contributed by atoms with Crippen molar-refractivity contribution in [3.63, 3.8) is 0 Å². The molecule has 3 rings (SSSR count). The van der Waals surface area contributed by atoms with Gasteiger partial charge in [-0.25, -0.2) is 9.97 Å². The maximum atomic E-state index is 12.3. The fraction of sp³-hybridized carbons (Fsp3) is 0.312. The fourth-order valence-electron chi connectivity index (χ4n) is 2.16. The topological polar surface area (TPSA) is 94.6 Å². The summed E-state index contributed by atoms with van der Waals surface area (Å²) in [4.78, 5) is 20.6. The van der Waals surface area contributed by atoms with Crippen LogP contribution >= 0.6 is 0 Å². The minimum atomic E-state index is -0.323. The van der Waals surface area contributed by atoms with Gasteiger partial charge in [-0.3, -0.25) is 4.79 Å². The maximum absolute atomic E-state index is 12.3. The van der Waals surface area contributed by atoms with Crippen LogP contribution in [-0.4, -0.2) is 42.9 Å². The van der Waals surface area contributed by atoms with Gasteiger partial charge in [-0.2, -0.15) is 0 Å². The molecule has 0 radical (unpaired) electrons. The molecule has 0 saturated carbocycles. The Balaban J connectivity index is 1.62. The Bertz CT molecular complexity index is 723. The molecule has 0 unspecified atom stereocenters. The molecule has 0 bridgehead atoms. The molecule has 1 aromatic heterocycles. The van der Waals surface area contributed by atoms with Gasteiger partial charge >= 0.3 is 0 Å². The van der Waals surface area contributed by atoms with Crippen LogP contribution in [0, 0.1) is 0 Å². The number of hydrogen-bond donors (Lipinski definition) is 2. The van der Waals surface area contributed by atoms with Crippen LogP contribution in [-0.2, 0) is 4.74 Å². The number of hydrogen-bond acceptors (Lipinski definition) is 7. The summed E-state index contributed by atoms with van der Waals surface area (Å²) in [7, 11) is 1.65. The zero-order valence-corrected chi connectivity index (χ0v) is 13.2. The summed E-state index contributed by atoms with van der Waals surface area (Å²) >= 11 is 0. The van der Waals surface area contributed by atoms with Gasteiger partial charge in [0.2, 0.25) is 12.7 Å². The molecule has 1 aromatic carbocycles. The first kappa shape index (κ1) is 16.0. The lowest BCUT2D eigenvalue weighted by Crippen LogP contribution is -2.16. The molecule has 8 nitrogen and oxygen atoms in total. The Hall–Kier alpha value is -2.87. The number of anilines is 2. The predicted octanol–water partition coefficient (Wildman–Crippen LogP) is 1.91. The fourth-order valence-corrected chi connectivity index (χ4v) is 2.16. The monoisotopic (exact) mass is 330 g/mol. The third kappa shape index (κ3) is 3.90. The van der Waals surface area contributed by atoms with Crippen LogP contribution in [0.4, 0.5) is 11.6 Å². The Morgan fingerprint density at radius 2 is 2.17 bits per heavy atom. The Kier molecular flexibility index (Phi) is 5.07. The molecule has 0 aliphatic carbocycles. The molecule has 1 aliphatic rings. The van der Waals surface area contributed by atoms with E-state index in [1.165, 1.54) is 0 Å². The number of rotatable bonds is 7. The van der Waals surface area contributed by atoms with E-state index in [2.05, 4.69) is 20.6 Å². The Morgan fingerprint density at radius 3 is 3.04 bits per heavy atom. The third-order valence-electron chi connectivity index (χ3n) is 3.33. The smallest absolute Gasteiger partial charge is 0.274 e. The number of aromatic nitrogens is 2. The van der Waals surface area contributed by atoms with Gasteiger partial charge in [-0.1, -0.05) is 0 Å². The second kappa shape index (κ2) is 7.60. The molecular weight excluding hydrogens is 312 g/mol. The minimum absolute atomic E-state index is 0.191. The highest BCUT2D eigenvalue weighted by molar-refractivity contribution is 6.03. The van der Waals surface area contributed by atoms with Crippen LogP contribution in [0.1, 0.15) is 16.9 Å². The van der Waals surface area contributed by atoms with E-state index in [0.29, 0.717) is 36.3 Å². The van der Waals surface area contributed by atoms with Crippen molar-refractivity contribution in [1.29, 1.82) is 0 Å². The van der Waals surface area contributed by atoms with Crippen molar-refractivity contribution in [2.45, 2.75) is 6.42 Å². The SMILES string of the molecule is COCCCNc1nccc(C(=O)Nc2ccc3c(c2)OCO3)n1. The second-order valence-electron chi connectivity index (χ2n) is 5.06. The highest BCUT2D eigenvalue weighted by Crippen LogP contribution is 2.34. The molecule has 2 N–H and O–H groups in total. The molecule has 0 atom stereocenters. The summed E-state index contributed by atoms with van der Waals surface area (Å²) in [5.41, 5.74) is 0.884. The molecule has 2 aromatic rings. The van der Waals surface area contributed by atoms with Crippen molar-refractivity contribution >= 4 is 17.5 Å². The third-order valence-corrected chi connectivity index (χ3v) is 3.33. The molecule has 2 heterocycles. The van der Waals surface area contributed by atoms with Crippen LogP contribution in [0.25, 0.3) is 0 Å². The van der Waals surface area contributed by atoms with Gasteiger partial charge in [-0.05, 0) is 24.6 Å². The molecule has 24 heavy (non-hydrogen) atoms. The van der Waals surface area contributed by atoms with Crippen LogP contribution in [0.2, 0.25) is 0 Å². The van der Waals surface area contributed by atoms with Gasteiger partial charge in [0, 0.05) is 38.2 Å². The number of nitrogens with zero attached hydrogens (tertiary/aromatic N) is 2. The number of carbonyl (C=O) groups is 1. The van der Waals surface area contributed by atoms with Crippen LogP contribution < -0.4 is 20.1 Å². The number of nitrogens with one attached hydrogen (secondary N) is 2. The van der Waals surface area contributed by atoms with Gasteiger partial charge < -0.3 is 24.8 Å². The van der Waals surface area contributed by atoms with Crippen LogP contribution in [0.3, 0.4) is 0 Å². The number of methoxy groups -OCH3 is 1. The first-order valence-electron chi connectivity index (χ1n) is 7.53. The van der Waals surface area contributed by atoms with Crippen LogP contribution in [0.15, 0.2) is 30.5 Å². The first-order chi connectivity index (χ1) is 11.8. The summed E-state index contributed by atoms with van der Waals surface area (Å²) in [6.45, 7) is 1.51. The summed E-state index contributed by atoms with van der Waals surface area (Å²) in [6.07, 6.45) is 2.37.